The van der Waals surface area contributed by atoms with E-state index < -0.39 is 0 Å². The molecule has 0 saturated carbocycles. The van der Waals surface area contributed by atoms with Crippen LogP contribution < -0.4 is 10.1 Å². The molecule has 0 bridgehead atoms. The highest BCUT2D eigenvalue weighted by molar-refractivity contribution is 6.32. The molecular formula is C11H11ClN2O. The molecule has 3 nitrogen and oxygen atoms in total. The molecule has 0 fully saturated rings. The Bertz CT molecular complexity index is 437. The van der Waals surface area contributed by atoms with E-state index in [-0.39, 0.29) is 0 Å². The standard InChI is InChI=1S/C11H11ClN2O/c1-15-11-8(6-13)10-7(5-9(11)12)3-2-4-14-10/h5,14H,2-4H2,1H3. The van der Waals surface area contributed by atoms with E-state index in [1.54, 1.807) is 0 Å². The highest BCUT2D eigenvalue weighted by atomic mass is 35.5. The predicted octanol–water partition coefficient (Wildman–Crippen LogP) is 2.58. The topological polar surface area (TPSA) is 45.0 Å². The van der Waals surface area contributed by atoms with Crippen LogP contribution in [0.15, 0.2) is 6.07 Å². The zero-order valence-electron chi connectivity index (χ0n) is 8.43. The quantitative estimate of drug-likeness (QED) is 0.795. The fourth-order valence-electron chi connectivity index (χ4n) is 1.88. The summed E-state index contributed by atoms with van der Waals surface area (Å²) in [5, 5.41) is 12.8. The first-order valence-corrected chi connectivity index (χ1v) is 5.19. The van der Waals surface area contributed by atoms with Crippen molar-refractivity contribution < 1.29 is 4.74 Å². The van der Waals surface area contributed by atoms with Gasteiger partial charge in [0, 0.05) is 6.54 Å². The predicted molar refractivity (Wildman–Crippen MR) is 59.5 cm³/mol. The van der Waals surface area contributed by atoms with Gasteiger partial charge in [0.05, 0.1) is 17.8 Å². The molecule has 1 N–H and O–H groups in total. The lowest BCUT2D eigenvalue weighted by Gasteiger charge is -2.21. The van der Waals surface area contributed by atoms with Crippen LogP contribution in [0.2, 0.25) is 5.02 Å². The van der Waals surface area contributed by atoms with Crippen molar-refractivity contribution >= 4 is 17.3 Å². The van der Waals surface area contributed by atoms with Crippen LogP contribution in [0, 0.1) is 11.3 Å². The Morgan fingerprint density at radius 3 is 3.07 bits per heavy atom. The number of nitriles is 1. The number of anilines is 1. The Labute approximate surface area is 93.6 Å². The van der Waals surface area contributed by atoms with E-state index in [0.29, 0.717) is 16.3 Å². The second-order valence-electron chi connectivity index (χ2n) is 3.44. The number of rotatable bonds is 1. The summed E-state index contributed by atoms with van der Waals surface area (Å²) in [7, 11) is 1.53. The SMILES string of the molecule is COc1c(Cl)cc2c(c1C#N)NCCC2. The summed E-state index contributed by atoms with van der Waals surface area (Å²) in [6.07, 6.45) is 2.03. The van der Waals surface area contributed by atoms with E-state index in [0.717, 1.165) is 30.6 Å². The Hall–Kier alpha value is -1.40. The maximum atomic E-state index is 9.10. The van der Waals surface area contributed by atoms with Crippen LogP contribution in [-0.2, 0) is 6.42 Å². The summed E-state index contributed by atoms with van der Waals surface area (Å²) < 4.78 is 5.14. The van der Waals surface area contributed by atoms with E-state index in [4.69, 9.17) is 21.6 Å². The van der Waals surface area contributed by atoms with Crippen molar-refractivity contribution in [3.63, 3.8) is 0 Å². The molecule has 15 heavy (non-hydrogen) atoms. The number of aryl methyl sites for hydroxylation is 1. The lowest BCUT2D eigenvalue weighted by molar-refractivity contribution is 0.413. The molecule has 1 aliphatic rings. The first-order valence-electron chi connectivity index (χ1n) is 4.81. The Morgan fingerprint density at radius 1 is 1.60 bits per heavy atom. The lowest BCUT2D eigenvalue weighted by atomic mass is 9.99. The molecule has 1 aromatic carbocycles. The first-order chi connectivity index (χ1) is 7.27. The van der Waals surface area contributed by atoms with Crippen LogP contribution in [0.3, 0.4) is 0 Å². The van der Waals surface area contributed by atoms with Crippen LogP contribution in [0.1, 0.15) is 17.5 Å². The molecule has 0 radical (unpaired) electrons. The highest BCUT2D eigenvalue weighted by Crippen LogP contribution is 2.38. The fourth-order valence-corrected chi connectivity index (χ4v) is 2.19. The van der Waals surface area contributed by atoms with E-state index >= 15 is 0 Å². The smallest absolute Gasteiger partial charge is 0.157 e. The molecule has 0 saturated heterocycles. The summed E-state index contributed by atoms with van der Waals surface area (Å²) in [6, 6.07) is 4.02. The number of nitrogens with zero attached hydrogens (tertiary/aromatic N) is 1. The number of fused-ring (bicyclic) bond motifs is 1. The number of hydrogen-bond donors (Lipinski definition) is 1. The molecule has 0 unspecified atom stereocenters. The third-order valence-corrected chi connectivity index (χ3v) is 2.84. The molecule has 1 aromatic rings. The first kappa shape index (κ1) is 10.1. The number of hydrogen-bond acceptors (Lipinski definition) is 3. The van der Waals surface area contributed by atoms with Crippen molar-refractivity contribution in [2.24, 2.45) is 0 Å². The summed E-state index contributed by atoms with van der Waals surface area (Å²) in [5.41, 5.74) is 2.49. The van der Waals surface area contributed by atoms with E-state index in [2.05, 4.69) is 11.4 Å². The van der Waals surface area contributed by atoms with Gasteiger partial charge in [0.2, 0.25) is 0 Å². The monoisotopic (exact) mass is 222 g/mol. The summed E-state index contributed by atoms with van der Waals surface area (Å²) in [4.78, 5) is 0. The highest BCUT2D eigenvalue weighted by Gasteiger charge is 2.19. The molecule has 2 rings (SSSR count). The molecular weight excluding hydrogens is 212 g/mol. The van der Waals surface area contributed by atoms with Gasteiger partial charge in [-0.05, 0) is 24.5 Å². The van der Waals surface area contributed by atoms with Gasteiger partial charge in [0.25, 0.3) is 0 Å². The van der Waals surface area contributed by atoms with Crippen LogP contribution in [-0.4, -0.2) is 13.7 Å². The van der Waals surface area contributed by atoms with Crippen LogP contribution in [0.4, 0.5) is 5.69 Å². The average molecular weight is 223 g/mol. The van der Waals surface area contributed by atoms with Crippen molar-refractivity contribution in [2.45, 2.75) is 12.8 Å². The van der Waals surface area contributed by atoms with Crippen molar-refractivity contribution in [1.82, 2.24) is 0 Å². The maximum Gasteiger partial charge on any atom is 0.157 e. The summed E-state index contributed by atoms with van der Waals surface area (Å²) >= 11 is 6.04. The minimum Gasteiger partial charge on any atom is -0.494 e. The van der Waals surface area contributed by atoms with Gasteiger partial charge in [-0.15, -0.1) is 0 Å². The van der Waals surface area contributed by atoms with Crippen LogP contribution >= 0.6 is 11.6 Å². The number of methoxy groups -OCH3 is 1. The normalized spacial score (nSPS) is 13.7. The van der Waals surface area contributed by atoms with Gasteiger partial charge in [-0.25, -0.2) is 0 Å². The molecule has 1 heterocycles. The minimum absolute atomic E-state index is 0.465. The van der Waals surface area contributed by atoms with Gasteiger partial charge in [-0.2, -0.15) is 5.26 Å². The number of halogens is 1. The van der Waals surface area contributed by atoms with Crippen molar-refractivity contribution in [3.8, 4) is 11.8 Å². The Morgan fingerprint density at radius 2 is 2.40 bits per heavy atom. The zero-order chi connectivity index (χ0) is 10.8. The third-order valence-electron chi connectivity index (χ3n) is 2.56. The average Bonchev–Trinajstić information content (AvgIpc) is 2.27. The molecule has 0 spiro atoms. The molecule has 78 valence electrons. The number of ether oxygens (including phenoxy) is 1. The molecule has 0 atom stereocenters. The van der Waals surface area contributed by atoms with Crippen LogP contribution in [0.25, 0.3) is 0 Å². The second-order valence-corrected chi connectivity index (χ2v) is 3.85. The maximum absolute atomic E-state index is 9.10. The van der Waals surface area contributed by atoms with Gasteiger partial charge in [-0.1, -0.05) is 11.6 Å². The molecule has 1 aliphatic heterocycles. The second kappa shape index (κ2) is 4.00. The van der Waals surface area contributed by atoms with Crippen molar-refractivity contribution in [3.05, 3.63) is 22.2 Å². The Kier molecular flexibility index (Phi) is 2.70. The van der Waals surface area contributed by atoms with E-state index in [9.17, 15) is 0 Å². The third kappa shape index (κ3) is 1.62. The van der Waals surface area contributed by atoms with Gasteiger partial charge >= 0.3 is 0 Å². The van der Waals surface area contributed by atoms with Gasteiger partial charge in [-0.3, -0.25) is 0 Å². The fraction of sp³-hybridized carbons (Fsp3) is 0.364. The number of benzene rings is 1. The zero-order valence-corrected chi connectivity index (χ0v) is 9.19. The van der Waals surface area contributed by atoms with Crippen molar-refractivity contribution in [1.29, 1.82) is 5.26 Å². The van der Waals surface area contributed by atoms with E-state index in [1.807, 2.05) is 6.07 Å². The van der Waals surface area contributed by atoms with E-state index in [1.165, 1.54) is 7.11 Å². The molecule has 0 aromatic heterocycles. The van der Waals surface area contributed by atoms with Crippen LogP contribution in [0.5, 0.6) is 5.75 Å². The van der Waals surface area contributed by atoms with Gasteiger partial charge < -0.3 is 10.1 Å². The Balaban J connectivity index is 2.66. The molecule has 4 heteroatoms. The lowest BCUT2D eigenvalue weighted by Crippen LogP contribution is -2.13. The van der Waals surface area contributed by atoms with Gasteiger partial charge in [0.15, 0.2) is 5.75 Å². The number of nitrogens with one attached hydrogen (secondary N) is 1. The molecule has 0 amide bonds. The summed E-state index contributed by atoms with van der Waals surface area (Å²) in [6.45, 7) is 0.895. The van der Waals surface area contributed by atoms with Gasteiger partial charge in [0.1, 0.15) is 11.6 Å². The summed E-state index contributed by atoms with van der Waals surface area (Å²) in [5.74, 6) is 0.465. The molecule has 0 aliphatic carbocycles. The van der Waals surface area contributed by atoms with Crippen molar-refractivity contribution in [2.75, 3.05) is 19.0 Å². The minimum atomic E-state index is 0.465. The largest absolute Gasteiger partial charge is 0.494 e.